The van der Waals surface area contributed by atoms with Gasteiger partial charge in [0.05, 0.1) is 17.6 Å². The quantitative estimate of drug-likeness (QED) is 0.450. The Labute approximate surface area is 208 Å². The molecule has 1 saturated heterocycles. The number of piperazine rings is 1. The topological polar surface area (TPSA) is 70.5 Å². The van der Waals surface area contributed by atoms with E-state index in [4.69, 9.17) is 16.6 Å². The predicted octanol–water partition coefficient (Wildman–Crippen LogP) is 4.76. The van der Waals surface area contributed by atoms with Crippen molar-refractivity contribution in [3.63, 3.8) is 0 Å². The number of urea groups is 1. The lowest BCUT2D eigenvalue weighted by molar-refractivity contribution is 0.208. The third kappa shape index (κ3) is 5.00. The van der Waals surface area contributed by atoms with Gasteiger partial charge in [-0.25, -0.2) is 9.78 Å². The fraction of sp³-hybridized carbons (Fsp3) is 0.222. The van der Waals surface area contributed by atoms with Crippen LogP contribution >= 0.6 is 11.6 Å². The largest absolute Gasteiger partial charge is 0.348 e. The number of hydrogen-bond acceptors (Lipinski definition) is 4. The van der Waals surface area contributed by atoms with Crippen molar-refractivity contribution in [3.8, 4) is 0 Å². The molecule has 0 spiro atoms. The molecule has 7 nitrogen and oxygen atoms in total. The van der Waals surface area contributed by atoms with E-state index in [9.17, 15) is 9.59 Å². The van der Waals surface area contributed by atoms with Crippen molar-refractivity contribution in [1.82, 2.24) is 14.5 Å². The molecular weight excluding hydrogens is 462 g/mol. The highest BCUT2D eigenvalue weighted by Crippen LogP contribution is 2.19. The lowest BCUT2D eigenvalue weighted by atomic mass is 10.1. The van der Waals surface area contributed by atoms with Gasteiger partial charge in [-0.15, -0.1) is 0 Å². The van der Waals surface area contributed by atoms with E-state index in [2.05, 4.69) is 29.6 Å². The fourth-order valence-electron chi connectivity index (χ4n) is 4.28. The second-order valence-corrected chi connectivity index (χ2v) is 9.15. The molecule has 4 aromatic rings. The maximum absolute atomic E-state index is 13.6. The van der Waals surface area contributed by atoms with E-state index < -0.39 is 0 Å². The van der Waals surface area contributed by atoms with Gasteiger partial charge in [-0.1, -0.05) is 53.6 Å². The van der Waals surface area contributed by atoms with Crippen molar-refractivity contribution < 1.29 is 4.79 Å². The number of nitrogens with zero attached hydrogens (tertiary/aromatic N) is 4. The molecule has 1 fully saturated rings. The number of amides is 2. The minimum atomic E-state index is -0.171. The van der Waals surface area contributed by atoms with Crippen molar-refractivity contribution in [1.29, 1.82) is 0 Å². The van der Waals surface area contributed by atoms with E-state index in [0.29, 0.717) is 49.3 Å². The first-order valence-electron chi connectivity index (χ1n) is 11.6. The van der Waals surface area contributed by atoms with Gasteiger partial charge in [0, 0.05) is 36.9 Å². The second kappa shape index (κ2) is 9.80. The molecule has 0 aliphatic carbocycles. The van der Waals surface area contributed by atoms with Crippen LogP contribution in [0.2, 0.25) is 5.02 Å². The van der Waals surface area contributed by atoms with Gasteiger partial charge in [0.15, 0.2) is 5.82 Å². The highest BCUT2D eigenvalue weighted by atomic mass is 35.5. The summed E-state index contributed by atoms with van der Waals surface area (Å²) in [5.74, 6) is 0.425. The van der Waals surface area contributed by atoms with Gasteiger partial charge in [-0.05, 0) is 48.9 Å². The van der Waals surface area contributed by atoms with Crippen LogP contribution < -0.4 is 15.8 Å². The number of benzene rings is 3. The molecule has 8 heteroatoms. The Bertz CT molecular complexity index is 1410. The number of halogens is 1. The molecule has 1 aromatic heterocycles. The number of anilines is 2. The summed E-state index contributed by atoms with van der Waals surface area (Å²) < 4.78 is 1.79. The Balaban J connectivity index is 1.36. The summed E-state index contributed by atoms with van der Waals surface area (Å²) in [6, 6.07) is 22.8. The highest BCUT2D eigenvalue weighted by Gasteiger charge is 2.25. The Morgan fingerprint density at radius 2 is 1.63 bits per heavy atom. The standard InChI is InChI=1S/C27H26ClN5O2/c1-19-6-8-20(9-7-19)18-33-24-5-3-2-4-23(24)30-25(26(33)34)31-14-16-32(17-15-31)27(35)29-22-12-10-21(28)11-13-22/h2-13H,14-18H2,1H3,(H,29,35). The first kappa shape index (κ1) is 22.9. The minimum Gasteiger partial charge on any atom is -0.348 e. The summed E-state index contributed by atoms with van der Waals surface area (Å²) in [4.78, 5) is 34.7. The highest BCUT2D eigenvalue weighted by molar-refractivity contribution is 6.30. The molecule has 2 heterocycles. The van der Waals surface area contributed by atoms with Crippen LogP contribution in [-0.4, -0.2) is 46.7 Å². The Hall–Kier alpha value is -3.84. The summed E-state index contributed by atoms with van der Waals surface area (Å²) in [6.07, 6.45) is 0. The van der Waals surface area contributed by atoms with E-state index in [1.54, 1.807) is 33.7 Å². The molecule has 0 saturated carbocycles. The summed E-state index contributed by atoms with van der Waals surface area (Å²) in [5.41, 5.74) is 4.39. The molecule has 1 aliphatic heterocycles. The van der Waals surface area contributed by atoms with Gasteiger partial charge < -0.3 is 15.1 Å². The first-order chi connectivity index (χ1) is 17.0. The number of hydrogen-bond donors (Lipinski definition) is 1. The van der Waals surface area contributed by atoms with Crippen molar-refractivity contribution in [2.45, 2.75) is 13.5 Å². The summed E-state index contributed by atoms with van der Waals surface area (Å²) in [7, 11) is 0. The number of rotatable bonds is 4. The van der Waals surface area contributed by atoms with E-state index in [1.807, 2.05) is 36.1 Å². The van der Waals surface area contributed by atoms with Crippen LogP contribution in [0.15, 0.2) is 77.6 Å². The van der Waals surface area contributed by atoms with Crippen LogP contribution in [0.4, 0.5) is 16.3 Å². The van der Waals surface area contributed by atoms with E-state index in [1.165, 1.54) is 5.56 Å². The number of aromatic nitrogens is 2. The minimum absolute atomic E-state index is 0.122. The molecule has 178 valence electrons. The van der Waals surface area contributed by atoms with E-state index in [-0.39, 0.29) is 11.6 Å². The Morgan fingerprint density at radius 3 is 2.34 bits per heavy atom. The molecule has 35 heavy (non-hydrogen) atoms. The van der Waals surface area contributed by atoms with Crippen molar-refractivity contribution >= 4 is 40.2 Å². The van der Waals surface area contributed by atoms with Crippen LogP contribution in [0.1, 0.15) is 11.1 Å². The van der Waals surface area contributed by atoms with Crippen molar-refractivity contribution in [3.05, 3.63) is 99.3 Å². The SMILES string of the molecule is Cc1ccc(Cn2c(=O)c(N3CCN(C(=O)Nc4ccc(Cl)cc4)CC3)nc3ccccc32)cc1. The second-order valence-electron chi connectivity index (χ2n) is 8.71. The molecule has 0 unspecified atom stereocenters. The number of para-hydroxylation sites is 2. The monoisotopic (exact) mass is 487 g/mol. The van der Waals surface area contributed by atoms with Gasteiger partial charge in [0.1, 0.15) is 0 Å². The number of aryl methyl sites for hydroxylation is 1. The zero-order chi connectivity index (χ0) is 24.4. The summed E-state index contributed by atoms with van der Waals surface area (Å²) in [6.45, 7) is 4.55. The third-order valence-electron chi connectivity index (χ3n) is 6.26. The normalized spacial score (nSPS) is 13.8. The molecule has 0 radical (unpaired) electrons. The lowest BCUT2D eigenvalue weighted by Crippen LogP contribution is -2.51. The van der Waals surface area contributed by atoms with E-state index in [0.717, 1.165) is 16.6 Å². The molecule has 2 amide bonds. The zero-order valence-electron chi connectivity index (χ0n) is 19.4. The molecular formula is C27H26ClN5O2. The van der Waals surface area contributed by atoms with Gasteiger partial charge in [-0.2, -0.15) is 0 Å². The van der Waals surface area contributed by atoms with Gasteiger partial charge in [0.25, 0.3) is 5.56 Å². The molecule has 1 aliphatic rings. The summed E-state index contributed by atoms with van der Waals surface area (Å²) in [5, 5.41) is 3.52. The van der Waals surface area contributed by atoms with Crippen molar-refractivity contribution in [2.75, 3.05) is 36.4 Å². The maximum Gasteiger partial charge on any atom is 0.321 e. The van der Waals surface area contributed by atoms with Crippen LogP contribution in [0.3, 0.4) is 0 Å². The maximum atomic E-state index is 13.6. The predicted molar refractivity (Wildman–Crippen MR) is 141 cm³/mol. The number of carbonyl (C=O) groups is 1. The third-order valence-corrected chi connectivity index (χ3v) is 6.51. The smallest absolute Gasteiger partial charge is 0.321 e. The molecule has 5 rings (SSSR count). The number of nitrogens with one attached hydrogen (secondary N) is 1. The van der Waals surface area contributed by atoms with Crippen LogP contribution in [0, 0.1) is 6.92 Å². The molecule has 0 bridgehead atoms. The van der Waals surface area contributed by atoms with E-state index >= 15 is 0 Å². The van der Waals surface area contributed by atoms with Crippen LogP contribution in [0.5, 0.6) is 0 Å². The Kier molecular flexibility index (Phi) is 6.42. The molecule has 3 aromatic carbocycles. The zero-order valence-corrected chi connectivity index (χ0v) is 20.2. The number of fused-ring (bicyclic) bond motifs is 1. The molecule has 1 N–H and O–H groups in total. The average Bonchev–Trinajstić information content (AvgIpc) is 2.88. The van der Waals surface area contributed by atoms with Gasteiger partial charge >= 0.3 is 6.03 Å². The van der Waals surface area contributed by atoms with Gasteiger partial charge in [0.2, 0.25) is 0 Å². The lowest BCUT2D eigenvalue weighted by Gasteiger charge is -2.35. The Morgan fingerprint density at radius 1 is 0.943 bits per heavy atom. The van der Waals surface area contributed by atoms with Crippen LogP contribution in [-0.2, 0) is 6.54 Å². The van der Waals surface area contributed by atoms with Crippen LogP contribution in [0.25, 0.3) is 11.0 Å². The fourth-order valence-corrected chi connectivity index (χ4v) is 4.40. The van der Waals surface area contributed by atoms with Gasteiger partial charge in [-0.3, -0.25) is 9.36 Å². The first-order valence-corrected chi connectivity index (χ1v) is 12.0. The van der Waals surface area contributed by atoms with Crippen molar-refractivity contribution in [2.24, 2.45) is 0 Å². The molecule has 0 atom stereocenters. The summed E-state index contributed by atoms with van der Waals surface area (Å²) >= 11 is 5.92. The number of carbonyl (C=O) groups excluding carboxylic acids is 1. The average molecular weight is 488 g/mol.